The highest BCUT2D eigenvalue weighted by Crippen LogP contribution is 2.45. The predicted molar refractivity (Wildman–Crippen MR) is 127 cm³/mol. The Bertz CT molecular complexity index is 943. The number of hydrogen-bond donors (Lipinski definition) is 4. The van der Waals surface area contributed by atoms with Crippen molar-refractivity contribution in [3.05, 3.63) is 58.7 Å². The lowest BCUT2D eigenvalue weighted by Gasteiger charge is -2.52. The minimum absolute atomic E-state index is 0.0627. The van der Waals surface area contributed by atoms with Crippen LogP contribution in [0.2, 0.25) is 0 Å². The average molecular weight is 423 g/mol. The van der Waals surface area contributed by atoms with Crippen LogP contribution in [0.25, 0.3) is 0 Å². The van der Waals surface area contributed by atoms with Gasteiger partial charge in [-0.15, -0.1) is 0 Å². The fourth-order valence-electron chi connectivity index (χ4n) is 4.42. The molecule has 0 heterocycles. The molecule has 0 aromatic heterocycles. The van der Waals surface area contributed by atoms with Gasteiger partial charge in [0.1, 0.15) is 0 Å². The molecule has 4 amide bonds. The van der Waals surface area contributed by atoms with Crippen molar-refractivity contribution >= 4 is 23.4 Å². The van der Waals surface area contributed by atoms with Gasteiger partial charge in [0.15, 0.2) is 0 Å². The number of amides is 4. The van der Waals surface area contributed by atoms with Crippen molar-refractivity contribution < 1.29 is 9.59 Å². The van der Waals surface area contributed by atoms with Gasteiger partial charge in [0, 0.05) is 24.0 Å². The minimum Gasteiger partial charge on any atom is -0.338 e. The van der Waals surface area contributed by atoms with E-state index in [2.05, 4.69) is 47.2 Å². The van der Waals surface area contributed by atoms with E-state index in [1.807, 2.05) is 52.0 Å². The van der Waals surface area contributed by atoms with Gasteiger partial charge in [-0.2, -0.15) is 0 Å². The van der Waals surface area contributed by atoms with E-state index in [9.17, 15) is 9.59 Å². The summed E-state index contributed by atoms with van der Waals surface area (Å²) in [5.41, 5.74) is 5.95. The molecule has 1 saturated carbocycles. The summed E-state index contributed by atoms with van der Waals surface area (Å²) in [4.78, 5) is 24.8. The lowest BCUT2D eigenvalue weighted by Crippen LogP contribution is -2.61. The molecule has 6 heteroatoms. The van der Waals surface area contributed by atoms with Crippen molar-refractivity contribution in [2.24, 2.45) is 11.3 Å². The Morgan fingerprint density at radius 2 is 1.26 bits per heavy atom. The molecule has 1 aliphatic rings. The van der Waals surface area contributed by atoms with Gasteiger partial charge in [-0.1, -0.05) is 26.0 Å². The number of urea groups is 2. The SMILES string of the molecule is Cc1cc(C)cc(NC(=O)NCC2CC(NC(=O)Nc3cc(C)cc(C)c3)C2(C)C)c1. The van der Waals surface area contributed by atoms with Crippen molar-refractivity contribution in [1.29, 1.82) is 0 Å². The number of hydrogen-bond acceptors (Lipinski definition) is 2. The Balaban J connectivity index is 1.46. The lowest BCUT2D eigenvalue weighted by molar-refractivity contribution is 0.0244. The second-order valence-corrected chi connectivity index (χ2v) is 9.49. The maximum Gasteiger partial charge on any atom is 0.319 e. The maximum atomic E-state index is 12.5. The zero-order valence-corrected chi connectivity index (χ0v) is 19.3. The molecule has 0 spiro atoms. The van der Waals surface area contributed by atoms with Crippen LogP contribution in [-0.2, 0) is 0 Å². The van der Waals surface area contributed by atoms with Crippen LogP contribution < -0.4 is 21.3 Å². The van der Waals surface area contributed by atoms with Gasteiger partial charge in [0.2, 0.25) is 0 Å². The Labute approximate surface area is 185 Å². The number of anilines is 2. The third kappa shape index (κ3) is 5.78. The lowest BCUT2D eigenvalue weighted by atomic mass is 9.58. The summed E-state index contributed by atoms with van der Waals surface area (Å²) in [6.45, 7) is 12.9. The fourth-order valence-corrected chi connectivity index (χ4v) is 4.42. The quantitative estimate of drug-likeness (QED) is 0.529. The minimum atomic E-state index is -0.204. The van der Waals surface area contributed by atoms with Gasteiger partial charge >= 0.3 is 12.1 Å². The normalized spacial score (nSPS) is 19.2. The molecule has 2 aromatic carbocycles. The number of aryl methyl sites for hydroxylation is 4. The first-order valence-corrected chi connectivity index (χ1v) is 10.8. The summed E-state index contributed by atoms with van der Waals surface area (Å²) < 4.78 is 0. The third-order valence-electron chi connectivity index (χ3n) is 6.24. The first-order chi connectivity index (χ1) is 14.5. The molecule has 6 nitrogen and oxygen atoms in total. The van der Waals surface area contributed by atoms with Gasteiger partial charge in [-0.05, 0) is 92.0 Å². The highest BCUT2D eigenvalue weighted by molar-refractivity contribution is 5.90. The van der Waals surface area contributed by atoms with Crippen LogP contribution in [-0.4, -0.2) is 24.6 Å². The summed E-state index contributed by atoms with van der Waals surface area (Å²) in [6.07, 6.45) is 0.830. The highest BCUT2D eigenvalue weighted by Gasteiger charge is 2.48. The average Bonchev–Trinajstić information content (AvgIpc) is 2.62. The predicted octanol–water partition coefficient (Wildman–Crippen LogP) is 5.28. The van der Waals surface area contributed by atoms with E-state index >= 15 is 0 Å². The Morgan fingerprint density at radius 3 is 1.71 bits per heavy atom. The molecule has 166 valence electrons. The van der Waals surface area contributed by atoms with Gasteiger partial charge in [-0.3, -0.25) is 0 Å². The van der Waals surface area contributed by atoms with E-state index in [0.29, 0.717) is 12.5 Å². The Hall–Kier alpha value is -3.02. The second kappa shape index (κ2) is 9.00. The van der Waals surface area contributed by atoms with Crippen molar-refractivity contribution in [1.82, 2.24) is 10.6 Å². The summed E-state index contributed by atoms with van der Waals surface area (Å²) in [5, 5.41) is 11.9. The topological polar surface area (TPSA) is 82.3 Å². The van der Waals surface area contributed by atoms with Crippen molar-refractivity contribution in [3.8, 4) is 0 Å². The van der Waals surface area contributed by atoms with Crippen molar-refractivity contribution in [2.75, 3.05) is 17.2 Å². The molecule has 3 rings (SSSR count). The maximum absolute atomic E-state index is 12.5. The Kier molecular flexibility index (Phi) is 6.58. The molecule has 0 bridgehead atoms. The number of carbonyl (C=O) groups excluding carboxylic acids is 2. The molecule has 0 saturated heterocycles. The summed E-state index contributed by atoms with van der Waals surface area (Å²) in [7, 11) is 0. The molecule has 0 radical (unpaired) electrons. The molecule has 1 aliphatic carbocycles. The van der Waals surface area contributed by atoms with E-state index < -0.39 is 0 Å². The number of nitrogens with one attached hydrogen (secondary N) is 4. The summed E-state index contributed by atoms with van der Waals surface area (Å²) in [6, 6.07) is 11.6. The van der Waals surface area contributed by atoms with Crippen LogP contribution >= 0.6 is 0 Å². The molecule has 2 atom stereocenters. The van der Waals surface area contributed by atoms with Gasteiger partial charge in [0.05, 0.1) is 0 Å². The zero-order valence-electron chi connectivity index (χ0n) is 19.3. The first kappa shape index (κ1) is 22.7. The first-order valence-electron chi connectivity index (χ1n) is 10.8. The van der Waals surface area contributed by atoms with Gasteiger partial charge in [-0.25, -0.2) is 9.59 Å². The monoisotopic (exact) mass is 422 g/mol. The van der Waals surface area contributed by atoms with Crippen LogP contribution in [0.4, 0.5) is 21.0 Å². The molecule has 4 N–H and O–H groups in total. The number of rotatable bonds is 5. The molecule has 1 fully saturated rings. The van der Waals surface area contributed by atoms with Crippen LogP contribution in [0.5, 0.6) is 0 Å². The number of benzene rings is 2. The smallest absolute Gasteiger partial charge is 0.319 e. The van der Waals surface area contributed by atoms with Crippen LogP contribution in [0.1, 0.15) is 42.5 Å². The van der Waals surface area contributed by atoms with E-state index in [1.165, 1.54) is 0 Å². The molecular formula is C25H34N4O2. The molecule has 31 heavy (non-hydrogen) atoms. The second-order valence-electron chi connectivity index (χ2n) is 9.49. The highest BCUT2D eigenvalue weighted by atomic mass is 16.2. The standard InChI is InChI=1S/C25H34N4O2/c1-15-7-16(2)10-20(9-15)27-23(30)26-14-19-13-22(25(19,5)6)29-24(31)28-21-11-17(3)8-18(4)12-21/h7-12,19,22H,13-14H2,1-6H3,(H2,26,27,30)(H2,28,29,31). The van der Waals surface area contributed by atoms with E-state index in [0.717, 1.165) is 40.0 Å². The van der Waals surface area contributed by atoms with E-state index in [4.69, 9.17) is 0 Å². The van der Waals surface area contributed by atoms with Crippen LogP contribution in [0.15, 0.2) is 36.4 Å². The molecule has 2 aromatic rings. The molecular weight excluding hydrogens is 388 g/mol. The molecule has 0 aliphatic heterocycles. The number of carbonyl (C=O) groups is 2. The fraction of sp³-hybridized carbons (Fsp3) is 0.440. The third-order valence-corrected chi connectivity index (χ3v) is 6.24. The van der Waals surface area contributed by atoms with Crippen LogP contribution in [0.3, 0.4) is 0 Å². The van der Waals surface area contributed by atoms with Crippen LogP contribution in [0, 0.1) is 39.0 Å². The summed E-state index contributed by atoms with van der Waals surface area (Å²) >= 11 is 0. The van der Waals surface area contributed by atoms with E-state index in [-0.39, 0.29) is 23.5 Å². The zero-order chi connectivity index (χ0) is 22.8. The summed E-state index contributed by atoms with van der Waals surface area (Å²) in [5.74, 6) is 0.295. The Morgan fingerprint density at radius 1 is 0.806 bits per heavy atom. The van der Waals surface area contributed by atoms with Crippen molar-refractivity contribution in [3.63, 3.8) is 0 Å². The van der Waals surface area contributed by atoms with Gasteiger partial charge < -0.3 is 21.3 Å². The van der Waals surface area contributed by atoms with Crippen molar-refractivity contribution in [2.45, 2.75) is 54.0 Å². The van der Waals surface area contributed by atoms with Gasteiger partial charge in [0.25, 0.3) is 0 Å². The largest absolute Gasteiger partial charge is 0.338 e. The molecule has 2 unspecified atom stereocenters. The van der Waals surface area contributed by atoms with E-state index in [1.54, 1.807) is 0 Å².